The fraction of sp³-hybridized carbons (Fsp3) is 0.909. The van der Waals surface area contributed by atoms with Crippen molar-refractivity contribution in [2.24, 2.45) is 16.6 Å². The van der Waals surface area contributed by atoms with Crippen molar-refractivity contribution in [2.45, 2.75) is 40.5 Å². The zero-order chi connectivity index (χ0) is 11.4. The Morgan fingerprint density at radius 1 is 1.21 bits per heavy atom. The van der Waals surface area contributed by atoms with Crippen LogP contribution in [0.25, 0.3) is 0 Å². The number of carbonyl (C=O) groups excluding carboxylic acids is 1. The van der Waals surface area contributed by atoms with Gasteiger partial charge in [-0.2, -0.15) is 0 Å². The van der Waals surface area contributed by atoms with Gasteiger partial charge in [-0.1, -0.05) is 27.7 Å². The molecule has 0 rings (SSSR count). The Balaban J connectivity index is 4.25. The predicted molar refractivity (Wildman–Crippen MR) is 59.9 cm³/mol. The predicted octanol–water partition coefficient (Wildman–Crippen LogP) is 1.52. The Bertz CT molecular complexity index is 197. The summed E-state index contributed by atoms with van der Waals surface area (Å²) in [6.07, 6.45) is 1.45. The molecule has 0 aromatic rings. The quantitative estimate of drug-likeness (QED) is 0.683. The molecule has 3 heteroatoms. The molecule has 0 saturated heterocycles. The van der Waals surface area contributed by atoms with Crippen LogP contribution in [0.4, 0.5) is 0 Å². The Kier molecular flexibility index (Phi) is 4.59. The number of rotatable bonds is 6. The third-order valence-corrected chi connectivity index (χ3v) is 2.27. The minimum atomic E-state index is -0.213. The van der Waals surface area contributed by atoms with Gasteiger partial charge in [-0.15, -0.1) is 0 Å². The molecule has 3 nitrogen and oxygen atoms in total. The number of hydrogen-bond donors (Lipinski definition) is 2. The van der Waals surface area contributed by atoms with Gasteiger partial charge in [0.1, 0.15) is 0 Å². The summed E-state index contributed by atoms with van der Waals surface area (Å²) in [6.45, 7) is 9.54. The Morgan fingerprint density at radius 3 is 2.07 bits per heavy atom. The summed E-state index contributed by atoms with van der Waals surface area (Å²) in [7, 11) is 1.95. The molecule has 84 valence electrons. The molecule has 0 bridgehead atoms. The van der Waals surface area contributed by atoms with Gasteiger partial charge in [0, 0.05) is 6.42 Å². The van der Waals surface area contributed by atoms with Gasteiger partial charge in [-0.05, 0) is 30.8 Å². The standard InChI is InChI=1S/C11H24N2O/c1-10(2,6-9(12)14)7-11(3,4)8-13-5/h13H,6-8H2,1-5H3,(H2,12,14). The van der Waals surface area contributed by atoms with E-state index in [1.807, 2.05) is 7.05 Å². The molecule has 0 aliphatic rings. The van der Waals surface area contributed by atoms with E-state index in [9.17, 15) is 4.79 Å². The molecular weight excluding hydrogens is 176 g/mol. The number of nitrogens with two attached hydrogens (primary N) is 1. The topological polar surface area (TPSA) is 55.1 Å². The van der Waals surface area contributed by atoms with Crippen LogP contribution < -0.4 is 11.1 Å². The van der Waals surface area contributed by atoms with Crippen LogP contribution in [-0.4, -0.2) is 19.5 Å². The van der Waals surface area contributed by atoms with E-state index < -0.39 is 0 Å². The Labute approximate surface area is 87.4 Å². The first-order chi connectivity index (χ1) is 6.18. The van der Waals surface area contributed by atoms with Gasteiger partial charge < -0.3 is 11.1 Å². The molecule has 0 spiro atoms. The van der Waals surface area contributed by atoms with Crippen molar-refractivity contribution in [1.29, 1.82) is 0 Å². The minimum Gasteiger partial charge on any atom is -0.370 e. The van der Waals surface area contributed by atoms with E-state index in [0.717, 1.165) is 13.0 Å². The van der Waals surface area contributed by atoms with E-state index in [2.05, 4.69) is 33.0 Å². The third-order valence-electron chi connectivity index (χ3n) is 2.27. The van der Waals surface area contributed by atoms with Gasteiger partial charge in [0.05, 0.1) is 0 Å². The zero-order valence-electron chi connectivity index (χ0n) is 10.1. The highest BCUT2D eigenvalue weighted by molar-refractivity contribution is 5.74. The van der Waals surface area contributed by atoms with E-state index in [1.165, 1.54) is 0 Å². The van der Waals surface area contributed by atoms with Crippen molar-refractivity contribution < 1.29 is 4.79 Å². The largest absolute Gasteiger partial charge is 0.370 e. The van der Waals surface area contributed by atoms with E-state index in [0.29, 0.717) is 6.42 Å². The van der Waals surface area contributed by atoms with Crippen LogP contribution in [0, 0.1) is 10.8 Å². The monoisotopic (exact) mass is 200 g/mol. The molecule has 1 amide bonds. The maximum absolute atomic E-state index is 10.9. The van der Waals surface area contributed by atoms with Crippen molar-refractivity contribution >= 4 is 5.91 Å². The van der Waals surface area contributed by atoms with Crippen LogP contribution >= 0.6 is 0 Å². The first-order valence-corrected chi connectivity index (χ1v) is 5.11. The van der Waals surface area contributed by atoms with Crippen molar-refractivity contribution in [3.05, 3.63) is 0 Å². The number of amides is 1. The molecule has 0 unspecified atom stereocenters. The highest BCUT2D eigenvalue weighted by Gasteiger charge is 2.29. The number of nitrogens with one attached hydrogen (secondary N) is 1. The number of hydrogen-bond acceptors (Lipinski definition) is 2. The first-order valence-electron chi connectivity index (χ1n) is 5.11. The van der Waals surface area contributed by atoms with Crippen LogP contribution in [0.5, 0.6) is 0 Å². The van der Waals surface area contributed by atoms with Gasteiger partial charge in [0.15, 0.2) is 0 Å². The summed E-state index contributed by atoms with van der Waals surface area (Å²) in [5.74, 6) is -0.213. The van der Waals surface area contributed by atoms with Crippen LogP contribution in [0.3, 0.4) is 0 Å². The lowest BCUT2D eigenvalue weighted by Crippen LogP contribution is -2.33. The maximum Gasteiger partial charge on any atom is 0.217 e. The van der Waals surface area contributed by atoms with Gasteiger partial charge in [-0.3, -0.25) is 4.79 Å². The SMILES string of the molecule is CNCC(C)(C)CC(C)(C)CC(N)=O. The fourth-order valence-electron chi connectivity index (χ4n) is 2.37. The molecule has 3 N–H and O–H groups in total. The highest BCUT2D eigenvalue weighted by Crippen LogP contribution is 2.35. The van der Waals surface area contributed by atoms with Crippen molar-refractivity contribution in [2.75, 3.05) is 13.6 Å². The molecule has 0 fully saturated rings. The molecule has 0 aromatic heterocycles. The number of carbonyl (C=O) groups is 1. The van der Waals surface area contributed by atoms with Gasteiger partial charge in [0.2, 0.25) is 5.91 Å². The zero-order valence-corrected chi connectivity index (χ0v) is 10.1. The fourth-order valence-corrected chi connectivity index (χ4v) is 2.37. The van der Waals surface area contributed by atoms with E-state index in [1.54, 1.807) is 0 Å². The summed E-state index contributed by atoms with van der Waals surface area (Å²) in [4.78, 5) is 10.9. The summed E-state index contributed by atoms with van der Waals surface area (Å²) < 4.78 is 0. The van der Waals surface area contributed by atoms with Crippen molar-refractivity contribution in [3.63, 3.8) is 0 Å². The smallest absolute Gasteiger partial charge is 0.217 e. The molecule has 0 heterocycles. The molecule has 0 aliphatic carbocycles. The van der Waals surface area contributed by atoms with Crippen LogP contribution in [-0.2, 0) is 4.79 Å². The average Bonchev–Trinajstić information content (AvgIpc) is 1.78. The normalized spacial score (nSPS) is 12.9. The Hall–Kier alpha value is -0.570. The lowest BCUT2D eigenvalue weighted by molar-refractivity contribution is -0.120. The van der Waals surface area contributed by atoms with Crippen LogP contribution in [0.15, 0.2) is 0 Å². The molecule has 14 heavy (non-hydrogen) atoms. The van der Waals surface area contributed by atoms with Gasteiger partial charge in [0.25, 0.3) is 0 Å². The number of primary amides is 1. The second-order valence-electron chi connectivity index (χ2n) is 5.68. The molecular formula is C11H24N2O. The van der Waals surface area contributed by atoms with Gasteiger partial charge in [-0.25, -0.2) is 0 Å². The van der Waals surface area contributed by atoms with Crippen LogP contribution in [0.2, 0.25) is 0 Å². The van der Waals surface area contributed by atoms with Crippen molar-refractivity contribution in [3.8, 4) is 0 Å². The molecule has 0 radical (unpaired) electrons. The molecule has 0 atom stereocenters. The average molecular weight is 200 g/mol. The van der Waals surface area contributed by atoms with E-state index >= 15 is 0 Å². The summed E-state index contributed by atoms with van der Waals surface area (Å²) in [6, 6.07) is 0. The summed E-state index contributed by atoms with van der Waals surface area (Å²) in [5.41, 5.74) is 5.41. The second-order valence-corrected chi connectivity index (χ2v) is 5.68. The molecule has 0 aromatic carbocycles. The van der Waals surface area contributed by atoms with Gasteiger partial charge >= 0.3 is 0 Å². The lowest BCUT2D eigenvalue weighted by atomic mass is 9.73. The lowest BCUT2D eigenvalue weighted by Gasteiger charge is -2.34. The summed E-state index contributed by atoms with van der Waals surface area (Å²) in [5, 5.41) is 3.17. The first kappa shape index (κ1) is 13.4. The Morgan fingerprint density at radius 2 is 1.71 bits per heavy atom. The molecule has 0 aliphatic heterocycles. The summed E-state index contributed by atoms with van der Waals surface area (Å²) >= 11 is 0. The second kappa shape index (κ2) is 4.78. The van der Waals surface area contributed by atoms with E-state index in [-0.39, 0.29) is 16.7 Å². The van der Waals surface area contributed by atoms with E-state index in [4.69, 9.17) is 5.73 Å². The van der Waals surface area contributed by atoms with Crippen molar-refractivity contribution in [1.82, 2.24) is 5.32 Å². The highest BCUT2D eigenvalue weighted by atomic mass is 16.1. The minimum absolute atomic E-state index is 0.00775. The maximum atomic E-state index is 10.9. The van der Waals surface area contributed by atoms with Crippen LogP contribution in [0.1, 0.15) is 40.5 Å². The third kappa shape index (κ3) is 5.97. The molecule has 0 saturated carbocycles.